The van der Waals surface area contributed by atoms with Crippen molar-refractivity contribution in [2.45, 2.75) is 0 Å². The van der Waals surface area contributed by atoms with E-state index >= 15 is 0 Å². The number of pyridine rings is 1. The summed E-state index contributed by atoms with van der Waals surface area (Å²) in [6, 6.07) is 3.30. The molecule has 0 unspecified atom stereocenters. The summed E-state index contributed by atoms with van der Waals surface area (Å²) in [5, 5.41) is 0. The monoisotopic (exact) mass is 136 g/mol. The summed E-state index contributed by atoms with van der Waals surface area (Å²) in [5.74, 6) is 0.708. The van der Waals surface area contributed by atoms with Gasteiger partial charge in [-0.1, -0.05) is 0 Å². The van der Waals surface area contributed by atoms with Gasteiger partial charge in [0.1, 0.15) is 11.5 Å². The van der Waals surface area contributed by atoms with Crippen LogP contribution in [0.1, 0.15) is 0 Å². The fraction of sp³-hybridized carbons (Fsp3) is 0. The molecule has 0 aliphatic carbocycles. The zero-order valence-electron chi connectivity index (χ0n) is 5.41. The van der Waals surface area contributed by atoms with E-state index in [0.717, 1.165) is 0 Å². The maximum Gasteiger partial charge on any atom is 0.151 e. The number of aromatic nitrogens is 1. The summed E-state index contributed by atoms with van der Waals surface area (Å²) in [6.45, 7) is 3.31. The minimum Gasteiger partial charge on any atom is -0.384 e. The second-order valence-electron chi connectivity index (χ2n) is 1.80. The van der Waals surface area contributed by atoms with Crippen molar-refractivity contribution in [3.63, 3.8) is 0 Å². The average Bonchev–Trinajstić information content (AvgIpc) is 1.88. The van der Waals surface area contributed by atoms with E-state index in [1.165, 1.54) is 0 Å². The molecule has 52 valence electrons. The van der Waals surface area contributed by atoms with Gasteiger partial charge >= 0.3 is 0 Å². The lowest BCUT2D eigenvalue weighted by Gasteiger charge is -1.97. The van der Waals surface area contributed by atoms with Gasteiger partial charge in [0.25, 0.3) is 0 Å². The van der Waals surface area contributed by atoms with E-state index in [9.17, 15) is 0 Å². The van der Waals surface area contributed by atoms with Crippen LogP contribution in [0.3, 0.4) is 0 Å². The topological polar surface area (TPSA) is 77.3 Å². The Morgan fingerprint density at radius 1 is 1.40 bits per heavy atom. The molecule has 0 aromatic carbocycles. The minimum atomic E-state index is 0.315. The molecule has 0 aliphatic rings. The Kier molecular flexibility index (Phi) is 1.53. The van der Waals surface area contributed by atoms with Crippen LogP contribution in [0.25, 0.3) is 0 Å². The Morgan fingerprint density at radius 2 is 2.10 bits per heavy atom. The van der Waals surface area contributed by atoms with Gasteiger partial charge in [-0.05, 0) is 18.9 Å². The summed E-state index contributed by atoms with van der Waals surface area (Å²) in [6.07, 6.45) is 0. The number of hydrogen-bond donors (Lipinski definition) is 2. The normalized spacial score (nSPS) is 9.20. The minimum absolute atomic E-state index is 0.315. The molecule has 0 amide bonds. The number of nitrogen functional groups attached to an aromatic ring is 2. The molecule has 4 heteroatoms. The molecule has 0 spiro atoms. The van der Waals surface area contributed by atoms with Crippen LogP contribution in [0.4, 0.5) is 17.3 Å². The quantitative estimate of drug-likeness (QED) is 0.554. The molecule has 4 N–H and O–H groups in total. The van der Waals surface area contributed by atoms with Gasteiger partial charge in [-0.2, -0.15) is 0 Å². The van der Waals surface area contributed by atoms with E-state index < -0.39 is 0 Å². The second kappa shape index (κ2) is 2.34. The molecule has 4 nitrogen and oxygen atoms in total. The molecule has 0 fully saturated rings. The molecule has 0 saturated heterocycles. The molecule has 1 aromatic heterocycles. The Bertz CT molecular complexity index is 256. The molecule has 0 radical (unpaired) electrons. The zero-order chi connectivity index (χ0) is 7.56. The van der Waals surface area contributed by atoms with Gasteiger partial charge in [0.2, 0.25) is 0 Å². The van der Waals surface area contributed by atoms with Gasteiger partial charge in [0, 0.05) is 0 Å². The van der Waals surface area contributed by atoms with Gasteiger partial charge in [0.05, 0.1) is 0 Å². The lowest BCUT2D eigenvalue weighted by molar-refractivity contribution is 1.33. The van der Waals surface area contributed by atoms with Crippen LogP contribution in [0.15, 0.2) is 17.1 Å². The SMILES string of the molecule is C=Nc1ccc(N)nc1N. The van der Waals surface area contributed by atoms with E-state index in [4.69, 9.17) is 11.5 Å². The number of hydrogen-bond acceptors (Lipinski definition) is 4. The van der Waals surface area contributed by atoms with Crippen molar-refractivity contribution >= 4 is 24.0 Å². The lowest BCUT2D eigenvalue weighted by Crippen LogP contribution is -1.94. The van der Waals surface area contributed by atoms with Crippen molar-refractivity contribution in [1.29, 1.82) is 0 Å². The Morgan fingerprint density at radius 3 is 2.60 bits per heavy atom. The number of nitrogens with two attached hydrogens (primary N) is 2. The second-order valence-corrected chi connectivity index (χ2v) is 1.80. The van der Waals surface area contributed by atoms with Crippen LogP contribution in [-0.4, -0.2) is 11.7 Å². The standard InChI is InChI=1S/C6H8N4/c1-9-4-2-3-5(7)10-6(4)8/h2-3H,1H2,(H4,7,8,10). The Labute approximate surface area is 58.6 Å². The van der Waals surface area contributed by atoms with Gasteiger partial charge in [-0.25, -0.2) is 4.98 Å². The van der Waals surface area contributed by atoms with Gasteiger partial charge < -0.3 is 11.5 Å². The summed E-state index contributed by atoms with van der Waals surface area (Å²) in [5.41, 5.74) is 11.3. The van der Waals surface area contributed by atoms with Crippen LogP contribution < -0.4 is 11.5 Å². The predicted molar refractivity (Wildman–Crippen MR) is 42.3 cm³/mol. The molecular weight excluding hydrogens is 128 g/mol. The molecule has 1 rings (SSSR count). The van der Waals surface area contributed by atoms with Crippen molar-refractivity contribution in [3.8, 4) is 0 Å². The highest BCUT2D eigenvalue weighted by Gasteiger charge is 1.95. The first-order valence-corrected chi connectivity index (χ1v) is 2.73. The predicted octanol–water partition coefficient (Wildman–Crippen LogP) is 0.578. The average molecular weight is 136 g/mol. The summed E-state index contributed by atoms with van der Waals surface area (Å²) in [7, 11) is 0. The first kappa shape index (κ1) is 6.54. The van der Waals surface area contributed by atoms with E-state index in [1.807, 2.05) is 0 Å². The molecule has 0 bridgehead atoms. The zero-order valence-corrected chi connectivity index (χ0v) is 5.41. The maximum absolute atomic E-state index is 5.41. The van der Waals surface area contributed by atoms with Crippen molar-refractivity contribution in [2.75, 3.05) is 11.5 Å². The number of anilines is 2. The number of rotatable bonds is 1. The third-order valence-corrected chi connectivity index (χ3v) is 1.09. The van der Waals surface area contributed by atoms with Crippen LogP contribution in [-0.2, 0) is 0 Å². The van der Waals surface area contributed by atoms with Gasteiger partial charge in [-0.3, -0.25) is 4.99 Å². The van der Waals surface area contributed by atoms with E-state index in [2.05, 4.69) is 16.7 Å². The highest BCUT2D eigenvalue weighted by atomic mass is 14.9. The van der Waals surface area contributed by atoms with Crippen molar-refractivity contribution < 1.29 is 0 Å². The fourth-order valence-electron chi connectivity index (χ4n) is 0.617. The summed E-state index contributed by atoms with van der Waals surface area (Å²) < 4.78 is 0. The number of nitrogens with zero attached hydrogens (tertiary/aromatic N) is 2. The maximum atomic E-state index is 5.41. The van der Waals surface area contributed by atoms with E-state index in [0.29, 0.717) is 17.3 Å². The van der Waals surface area contributed by atoms with Crippen molar-refractivity contribution in [2.24, 2.45) is 4.99 Å². The van der Waals surface area contributed by atoms with Crippen LogP contribution >= 0.6 is 0 Å². The Hall–Kier alpha value is -1.58. The highest BCUT2D eigenvalue weighted by molar-refractivity contribution is 5.62. The molecule has 0 saturated carbocycles. The van der Waals surface area contributed by atoms with E-state index in [-0.39, 0.29) is 0 Å². The number of aliphatic imine (C=N–C) groups is 1. The summed E-state index contributed by atoms with van der Waals surface area (Å²) in [4.78, 5) is 7.38. The third-order valence-electron chi connectivity index (χ3n) is 1.09. The third kappa shape index (κ3) is 1.05. The van der Waals surface area contributed by atoms with Gasteiger partial charge in [-0.15, -0.1) is 0 Å². The molecule has 0 atom stereocenters. The van der Waals surface area contributed by atoms with E-state index in [1.54, 1.807) is 12.1 Å². The van der Waals surface area contributed by atoms with Gasteiger partial charge in [0.15, 0.2) is 5.82 Å². The first-order valence-electron chi connectivity index (χ1n) is 2.73. The van der Waals surface area contributed by atoms with Crippen LogP contribution in [0.2, 0.25) is 0 Å². The first-order chi connectivity index (χ1) is 4.74. The summed E-state index contributed by atoms with van der Waals surface area (Å²) >= 11 is 0. The molecular formula is C6H8N4. The fourth-order valence-corrected chi connectivity index (χ4v) is 0.617. The smallest absolute Gasteiger partial charge is 0.151 e. The lowest BCUT2D eigenvalue weighted by atomic mass is 10.4. The van der Waals surface area contributed by atoms with Crippen LogP contribution in [0.5, 0.6) is 0 Å². The van der Waals surface area contributed by atoms with Crippen molar-refractivity contribution in [3.05, 3.63) is 12.1 Å². The van der Waals surface area contributed by atoms with Crippen LogP contribution in [0, 0.1) is 0 Å². The molecule has 1 heterocycles. The molecule has 1 aromatic rings. The molecule has 10 heavy (non-hydrogen) atoms. The van der Waals surface area contributed by atoms with Crippen molar-refractivity contribution in [1.82, 2.24) is 4.98 Å². The molecule has 0 aliphatic heterocycles. The highest BCUT2D eigenvalue weighted by Crippen LogP contribution is 2.18. The largest absolute Gasteiger partial charge is 0.384 e. The Balaban J connectivity index is 3.19.